The van der Waals surface area contributed by atoms with Gasteiger partial charge in [-0.1, -0.05) is 0 Å². The van der Waals surface area contributed by atoms with Gasteiger partial charge >= 0.3 is 0 Å². The van der Waals surface area contributed by atoms with E-state index in [0.29, 0.717) is 19.5 Å². The highest BCUT2D eigenvalue weighted by atomic mass is 32.2. The largest absolute Gasteiger partial charge is 0.385 e. The topological polar surface area (TPSA) is 114 Å². The Hall–Kier alpha value is -1.67. The first kappa shape index (κ1) is 14.4. The number of sulfonamides is 1. The van der Waals surface area contributed by atoms with Crippen molar-refractivity contribution >= 4 is 21.6 Å². The van der Waals surface area contributed by atoms with Crippen LogP contribution in [0.2, 0.25) is 0 Å². The zero-order chi connectivity index (χ0) is 13.6. The number of nitrogens with zero attached hydrogens (tertiary/aromatic N) is 1. The van der Waals surface area contributed by atoms with Crippen LogP contribution in [0.5, 0.6) is 0 Å². The Balaban J connectivity index is 2.36. The highest BCUT2D eigenvalue weighted by Gasteiger charge is 2.02. The third kappa shape index (κ3) is 5.60. The van der Waals surface area contributed by atoms with Gasteiger partial charge in [-0.3, -0.25) is 9.78 Å². The first-order valence-corrected chi connectivity index (χ1v) is 7.22. The van der Waals surface area contributed by atoms with E-state index in [0.717, 1.165) is 11.9 Å². The summed E-state index contributed by atoms with van der Waals surface area (Å²) in [5.41, 5.74) is 6.01. The van der Waals surface area contributed by atoms with Gasteiger partial charge in [-0.25, -0.2) is 13.1 Å². The lowest BCUT2D eigenvalue weighted by molar-refractivity contribution is 0.0995. The lowest BCUT2D eigenvalue weighted by Gasteiger charge is -2.07. The number of carbonyl (C=O) groups excluding carboxylic acids is 1. The van der Waals surface area contributed by atoms with Crippen molar-refractivity contribution in [1.29, 1.82) is 0 Å². The van der Waals surface area contributed by atoms with Crippen molar-refractivity contribution in [2.75, 3.05) is 24.7 Å². The second-order valence-electron chi connectivity index (χ2n) is 3.74. The van der Waals surface area contributed by atoms with Gasteiger partial charge in [-0.05, 0) is 18.6 Å². The van der Waals surface area contributed by atoms with Crippen LogP contribution < -0.4 is 15.8 Å². The maximum Gasteiger partial charge on any atom is 0.267 e. The van der Waals surface area contributed by atoms with Crippen LogP contribution in [0.25, 0.3) is 0 Å². The summed E-state index contributed by atoms with van der Waals surface area (Å²) in [7, 11) is -3.14. The van der Waals surface area contributed by atoms with Crippen LogP contribution in [0.15, 0.2) is 18.3 Å². The molecule has 0 aliphatic heterocycles. The molecule has 8 heteroatoms. The second kappa shape index (κ2) is 6.31. The van der Waals surface area contributed by atoms with Crippen molar-refractivity contribution in [3.8, 4) is 0 Å². The number of aromatic nitrogens is 1. The fourth-order valence-electron chi connectivity index (χ4n) is 1.25. The average molecular weight is 272 g/mol. The van der Waals surface area contributed by atoms with E-state index in [1.807, 2.05) is 0 Å². The van der Waals surface area contributed by atoms with Crippen LogP contribution in [-0.4, -0.2) is 38.7 Å². The number of primary amides is 1. The number of nitrogens with two attached hydrogens (primary N) is 1. The monoisotopic (exact) mass is 272 g/mol. The number of amides is 1. The lowest BCUT2D eigenvalue weighted by Crippen LogP contribution is -2.24. The zero-order valence-corrected chi connectivity index (χ0v) is 10.8. The third-order valence-electron chi connectivity index (χ3n) is 2.06. The minimum absolute atomic E-state index is 0.189. The lowest BCUT2D eigenvalue weighted by atomic mass is 10.3. The number of hydrogen-bond donors (Lipinski definition) is 3. The van der Waals surface area contributed by atoms with Gasteiger partial charge < -0.3 is 11.1 Å². The molecule has 0 saturated carbocycles. The molecular formula is C10H16N4O3S. The van der Waals surface area contributed by atoms with E-state index >= 15 is 0 Å². The van der Waals surface area contributed by atoms with Crippen molar-refractivity contribution in [1.82, 2.24) is 9.71 Å². The fraction of sp³-hybridized carbons (Fsp3) is 0.400. The molecule has 0 fully saturated rings. The van der Waals surface area contributed by atoms with Gasteiger partial charge in [0.05, 0.1) is 6.26 Å². The van der Waals surface area contributed by atoms with E-state index < -0.39 is 15.9 Å². The number of pyridine rings is 1. The molecule has 0 bridgehead atoms. The first-order chi connectivity index (χ1) is 8.38. The van der Waals surface area contributed by atoms with Gasteiger partial charge in [0.2, 0.25) is 10.0 Å². The highest BCUT2D eigenvalue weighted by molar-refractivity contribution is 7.88. The van der Waals surface area contributed by atoms with Crippen molar-refractivity contribution in [2.45, 2.75) is 6.42 Å². The number of carbonyl (C=O) groups is 1. The Labute approximate surface area is 106 Å². The number of hydrogen-bond acceptors (Lipinski definition) is 5. The van der Waals surface area contributed by atoms with Crippen LogP contribution in [0.4, 0.5) is 5.69 Å². The number of rotatable bonds is 7. The molecule has 0 unspecified atom stereocenters. The normalized spacial score (nSPS) is 11.2. The Morgan fingerprint density at radius 1 is 1.44 bits per heavy atom. The highest BCUT2D eigenvalue weighted by Crippen LogP contribution is 2.07. The average Bonchev–Trinajstić information content (AvgIpc) is 2.27. The van der Waals surface area contributed by atoms with Crippen molar-refractivity contribution < 1.29 is 13.2 Å². The summed E-state index contributed by atoms with van der Waals surface area (Å²) >= 11 is 0. The molecule has 0 radical (unpaired) electrons. The SMILES string of the molecule is CS(=O)(=O)NCCCNc1ccnc(C(N)=O)c1. The van der Waals surface area contributed by atoms with Crippen LogP contribution >= 0.6 is 0 Å². The van der Waals surface area contributed by atoms with Gasteiger partial charge in [0.25, 0.3) is 5.91 Å². The summed E-state index contributed by atoms with van der Waals surface area (Å²) in [4.78, 5) is 14.7. The molecule has 1 amide bonds. The molecule has 0 saturated heterocycles. The molecule has 0 aromatic carbocycles. The molecule has 1 aromatic rings. The van der Waals surface area contributed by atoms with E-state index in [-0.39, 0.29) is 5.69 Å². The maximum absolute atomic E-state index is 10.9. The van der Waals surface area contributed by atoms with Crippen molar-refractivity contribution in [2.24, 2.45) is 5.73 Å². The van der Waals surface area contributed by atoms with Crippen molar-refractivity contribution in [3.05, 3.63) is 24.0 Å². The summed E-state index contributed by atoms with van der Waals surface area (Å²) in [6.07, 6.45) is 3.22. The molecule has 4 N–H and O–H groups in total. The minimum Gasteiger partial charge on any atom is -0.385 e. The maximum atomic E-state index is 10.9. The Kier molecular flexibility index (Phi) is 5.05. The Bertz CT molecular complexity index is 516. The molecule has 1 aromatic heterocycles. The summed E-state index contributed by atoms with van der Waals surface area (Å²) in [5.74, 6) is -0.586. The molecule has 1 heterocycles. The van der Waals surface area contributed by atoms with Gasteiger partial charge in [-0.2, -0.15) is 0 Å². The van der Waals surface area contributed by atoms with E-state index in [1.54, 1.807) is 12.1 Å². The molecule has 7 nitrogen and oxygen atoms in total. The van der Waals surface area contributed by atoms with E-state index in [1.165, 1.54) is 6.20 Å². The smallest absolute Gasteiger partial charge is 0.267 e. The molecule has 1 rings (SSSR count). The van der Waals surface area contributed by atoms with Gasteiger partial charge in [-0.15, -0.1) is 0 Å². The quantitative estimate of drug-likeness (QED) is 0.581. The molecule has 0 spiro atoms. The fourth-order valence-corrected chi connectivity index (χ4v) is 1.77. The van der Waals surface area contributed by atoms with E-state index in [4.69, 9.17) is 5.73 Å². The van der Waals surface area contributed by atoms with Gasteiger partial charge in [0.1, 0.15) is 5.69 Å². The van der Waals surface area contributed by atoms with Gasteiger partial charge in [0, 0.05) is 25.0 Å². The van der Waals surface area contributed by atoms with Crippen molar-refractivity contribution in [3.63, 3.8) is 0 Å². The van der Waals surface area contributed by atoms with Gasteiger partial charge in [0.15, 0.2) is 0 Å². The Morgan fingerprint density at radius 2 is 2.17 bits per heavy atom. The molecular weight excluding hydrogens is 256 g/mol. The van der Waals surface area contributed by atoms with Crippen LogP contribution in [0, 0.1) is 0 Å². The predicted octanol–water partition coefficient (Wildman–Crippen LogP) is -0.468. The van der Waals surface area contributed by atoms with Crippen LogP contribution in [0.3, 0.4) is 0 Å². The third-order valence-corrected chi connectivity index (χ3v) is 2.79. The minimum atomic E-state index is -3.14. The molecule has 18 heavy (non-hydrogen) atoms. The van der Waals surface area contributed by atoms with E-state index in [2.05, 4.69) is 15.0 Å². The van der Waals surface area contributed by atoms with Crippen LogP contribution in [0.1, 0.15) is 16.9 Å². The zero-order valence-electron chi connectivity index (χ0n) is 10.0. The molecule has 0 atom stereocenters. The standard InChI is InChI=1S/C10H16N4O3S/c1-18(16,17)14-5-2-4-12-8-3-6-13-9(7-8)10(11)15/h3,6-7,14H,2,4-5H2,1H3,(H2,11,15)(H,12,13). The Morgan fingerprint density at radius 3 is 2.78 bits per heavy atom. The predicted molar refractivity (Wildman–Crippen MR) is 68.7 cm³/mol. The summed E-state index contributed by atoms with van der Waals surface area (Å²) in [6, 6.07) is 3.25. The molecule has 100 valence electrons. The number of nitrogens with one attached hydrogen (secondary N) is 2. The van der Waals surface area contributed by atoms with Crippen LogP contribution in [-0.2, 0) is 10.0 Å². The molecule has 0 aliphatic carbocycles. The summed E-state index contributed by atoms with van der Waals surface area (Å²) in [5, 5.41) is 3.04. The number of anilines is 1. The molecule has 0 aliphatic rings. The summed E-state index contributed by atoms with van der Waals surface area (Å²) < 4.78 is 24.0. The second-order valence-corrected chi connectivity index (χ2v) is 5.57. The van der Waals surface area contributed by atoms with E-state index in [9.17, 15) is 13.2 Å². The first-order valence-electron chi connectivity index (χ1n) is 5.33. The summed E-state index contributed by atoms with van der Waals surface area (Å²) in [6.45, 7) is 0.935.